The summed E-state index contributed by atoms with van der Waals surface area (Å²) in [4.78, 5) is 12.0. The number of hydrogen-bond donors (Lipinski definition) is 1. The largest absolute Gasteiger partial charge is 0.354 e. The van der Waals surface area contributed by atoms with Crippen LogP contribution in [0, 0.1) is 12.3 Å². The minimum absolute atomic E-state index is 0.372. The number of H-pyrrole nitrogens is 1. The standard InChI is InChI=1S/C22H25N5OS2/c1-13(2)18-19(15-4-14(3)21-23-12-24-27(21)6-15)25-17-5-16(29-20(17)18)7-26-8-22(9-26)10-30(28)11-22/h4-6,12-13,25H,7-11H2,1-3H3. The molecule has 6 nitrogen and oxygen atoms in total. The summed E-state index contributed by atoms with van der Waals surface area (Å²) in [6.07, 6.45) is 3.68. The number of thiophene rings is 1. The number of likely N-dealkylation sites (tertiary alicyclic amines) is 1. The topological polar surface area (TPSA) is 66.3 Å². The van der Waals surface area contributed by atoms with E-state index in [1.165, 1.54) is 26.4 Å². The lowest BCUT2D eigenvalue weighted by Gasteiger charge is -2.54. The van der Waals surface area contributed by atoms with Crippen LogP contribution in [0.2, 0.25) is 0 Å². The first-order valence-corrected chi connectivity index (χ1v) is 12.7. The highest BCUT2D eigenvalue weighted by Crippen LogP contribution is 2.43. The molecule has 2 aliphatic heterocycles. The quantitative estimate of drug-likeness (QED) is 0.523. The normalized spacial score (nSPS) is 19.2. The van der Waals surface area contributed by atoms with Crippen molar-refractivity contribution in [3.63, 3.8) is 0 Å². The number of fused-ring (bicyclic) bond motifs is 2. The van der Waals surface area contributed by atoms with Gasteiger partial charge in [0.2, 0.25) is 0 Å². The van der Waals surface area contributed by atoms with Gasteiger partial charge in [0.25, 0.3) is 0 Å². The van der Waals surface area contributed by atoms with Crippen molar-refractivity contribution >= 4 is 38.0 Å². The molecule has 0 aromatic carbocycles. The Bertz CT molecular complexity index is 1300. The lowest BCUT2D eigenvalue weighted by molar-refractivity contribution is 0.0214. The van der Waals surface area contributed by atoms with Crippen molar-refractivity contribution in [3.05, 3.63) is 40.7 Å². The Morgan fingerprint density at radius 1 is 1.30 bits per heavy atom. The number of nitrogens with one attached hydrogen (secondary N) is 1. The van der Waals surface area contributed by atoms with Crippen LogP contribution in [0.15, 0.2) is 24.7 Å². The van der Waals surface area contributed by atoms with Crippen LogP contribution in [-0.4, -0.2) is 53.3 Å². The summed E-state index contributed by atoms with van der Waals surface area (Å²) >= 11 is 1.91. The zero-order valence-corrected chi connectivity index (χ0v) is 19.1. The molecule has 156 valence electrons. The predicted molar refractivity (Wildman–Crippen MR) is 123 cm³/mol. The first-order chi connectivity index (χ1) is 14.4. The van der Waals surface area contributed by atoms with Crippen LogP contribution in [0.1, 0.15) is 35.8 Å². The number of aromatic nitrogens is 4. The highest BCUT2D eigenvalue weighted by Gasteiger charge is 2.51. The third kappa shape index (κ3) is 2.81. The van der Waals surface area contributed by atoms with E-state index in [1.807, 2.05) is 15.9 Å². The molecule has 2 fully saturated rings. The zero-order valence-electron chi connectivity index (χ0n) is 17.4. The van der Waals surface area contributed by atoms with E-state index in [-0.39, 0.29) is 0 Å². The third-order valence-corrected chi connectivity index (χ3v) is 9.44. The van der Waals surface area contributed by atoms with Gasteiger partial charge in [-0.3, -0.25) is 9.11 Å². The molecule has 4 aromatic rings. The first-order valence-electron chi connectivity index (χ1n) is 10.4. The number of aryl methyl sites for hydroxylation is 1. The van der Waals surface area contributed by atoms with Crippen LogP contribution in [0.4, 0.5) is 0 Å². The van der Waals surface area contributed by atoms with Crippen LogP contribution in [0.3, 0.4) is 0 Å². The van der Waals surface area contributed by atoms with E-state index in [2.05, 4.69) is 59.1 Å². The van der Waals surface area contributed by atoms with Crippen molar-refractivity contribution in [2.45, 2.75) is 33.2 Å². The van der Waals surface area contributed by atoms with Crippen molar-refractivity contribution in [2.24, 2.45) is 5.41 Å². The average Bonchev–Trinajstić information content (AvgIpc) is 3.31. The molecule has 0 unspecified atom stereocenters. The van der Waals surface area contributed by atoms with E-state index in [9.17, 15) is 4.21 Å². The van der Waals surface area contributed by atoms with Crippen LogP contribution >= 0.6 is 11.3 Å². The Balaban J connectivity index is 1.33. The van der Waals surface area contributed by atoms with E-state index < -0.39 is 10.8 Å². The van der Waals surface area contributed by atoms with E-state index in [0.717, 1.165) is 47.9 Å². The summed E-state index contributed by atoms with van der Waals surface area (Å²) in [6.45, 7) is 9.82. The molecule has 0 aliphatic carbocycles. The van der Waals surface area contributed by atoms with Gasteiger partial charge >= 0.3 is 0 Å². The molecule has 1 N–H and O–H groups in total. The van der Waals surface area contributed by atoms with Crippen LogP contribution in [0.25, 0.3) is 27.1 Å². The molecule has 6 rings (SSSR count). The van der Waals surface area contributed by atoms with Gasteiger partial charge in [-0.1, -0.05) is 13.8 Å². The molecular weight excluding hydrogens is 414 g/mol. The molecular formula is C22H25N5OS2. The van der Waals surface area contributed by atoms with Gasteiger partial charge in [-0.05, 0) is 36.1 Å². The number of nitrogens with zero attached hydrogens (tertiary/aromatic N) is 4. The van der Waals surface area contributed by atoms with Gasteiger partial charge in [-0.25, -0.2) is 9.50 Å². The minimum atomic E-state index is -0.554. The summed E-state index contributed by atoms with van der Waals surface area (Å²) < 4.78 is 14.7. The Morgan fingerprint density at radius 3 is 2.83 bits per heavy atom. The SMILES string of the molecule is Cc1cc(-c2[nH]c3cc(CN4CC5(C4)CS(=O)C5)sc3c2C(C)C)cn2ncnc12. The highest BCUT2D eigenvalue weighted by molar-refractivity contribution is 7.86. The molecule has 0 amide bonds. The number of hydrogen-bond acceptors (Lipinski definition) is 5. The van der Waals surface area contributed by atoms with Gasteiger partial charge in [0, 0.05) is 64.0 Å². The van der Waals surface area contributed by atoms with Gasteiger partial charge in [-0.2, -0.15) is 5.10 Å². The lowest BCUT2D eigenvalue weighted by atomic mass is 9.83. The van der Waals surface area contributed by atoms with Crippen molar-refractivity contribution < 1.29 is 4.21 Å². The molecule has 0 bridgehead atoms. The molecule has 8 heteroatoms. The molecule has 30 heavy (non-hydrogen) atoms. The maximum Gasteiger partial charge on any atom is 0.158 e. The number of rotatable bonds is 4. The molecule has 2 saturated heterocycles. The van der Waals surface area contributed by atoms with Gasteiger partial charge in [0.1, 0.15) is 6.33 Å². The molecule has 4 aromatic heterocycles. The van der Waals surface area contributed by atoms with Gasteiger partial charge in [-0.15, -0.1) is 11.3 Å². The fourth-order valence-electron chi connectivity index (χ4n) is 5.20. The van der Waals surface area contributed by atoms with E-state index in [1.54, 1.807) is 6.33 Å². The van der Waals surface area contributed by atoms with Crippen LogP contribution in [-0.2, 0) is 17.3 Å². The molecule has 6 heterocycles. The molecule has 0 atom stereocenters. The van der Waals surface area contributed by atoms with Gasteiger partial charge in [0.15, 0.2) is 5.65 Å². The maximum absolute atomic E-state index is 11.5. The van der Waals surface area contributed by atoms with Crippen molar-refractivity contribution in [2.75, 3.05) is 24.6 Å². The molecule has 1 spiro atoms. The second-order valence-electron chi connectivity index (χ2n) is 9.34. The lowest BCUT2D eigenvalue weighted by Crippen LogP contribution is -2.66. The molecule has 0 saturated carbocycles. The smallest absolute Gasteiger partial charge is 0.158 e. The van der Waals surface area contributed by atoms with Gasteiger partial charge in [0.05, 0.1) is 15.9 Å². The van der Waals surface area contributed by atoms with E-state index >= 15 is 0 Å². The average molecular weight is 440 g/mol. The molecule has 0 radical (unpaired) electrons. The van der Waals surface area contributed by atoms with Crippen LogP contribution < -0.4 is 0 Å². The van der Waals surface area contributed by atoms with Crippen molar-refractivity contribution in [1.82, 2.24) is 24.5 Å². The zero-order chi connectivity index (χ0) is 20.6. The van der Waals surface area contributed by atoms with Crippen LogP contribution in [0.5, 0.6) is 0 Å². The van der Waals surface area contributed by atoms with Crippen molar-refractivity contribution in [1.29, 1.82) is 0 Å². The monoisotopic (exact) mass is 439 g/mol. The highest BCUT2D eigenvalue weighted by atomic mass is 32.2. The summed E-state index contributed by atoms with van der Waals surface area (Å²) in [5.41, 5.74) is 7.36. The summed E-state index contributed by atoms with van der Waals surface area (Å²) in [7, 11) is -0.554. The second kappa shape index (κ2) is 6.48. The Hall–Kier alpha value is -2.03. The summed E-state index contributed by atoms with van der Waals surface area (Å²) in [5.74, 6) is 2.24. The fraction of sp³-hybridized carbons (Fsp3) is 0.455. The van der Waals surface area contributed by atoms with Gasteiger partial charge < -0.3 is 4.98 Å². The molecule has 2 aliphatic rings. The third-order valence-electron chi connectivity index (χ3n) is 6.41. The second-order valence-corrected chi connectivity index (χ2v) is 11.9. The van der Waals surface area contributed by atoms with E-state index in [4.69, 9.17) is 0 Å². The first kappa shape index (κ1) is 18.7. The summed E-state index contributed by atoms with van der Waals surface area (Å²) in [6, 6.07) is 4.52. The maximum atomic E-state index is 11.5. The fourth-order valence-corrected chi connectivity index (χ4v) is 8.20. The number of aromatic amines is 1. The Morgan fingerprint density at radius 2 is 2.10 bits per heavy atom. The Labute approximate surface area is 181 Å². The van der Waals surface area contributed by atoms with Crippen molar-refractivity contribution in [3.8, 4) is 11.3 Å². The summed E-state index contributed by atoms with van der Waals surface area (Å²) in [5, 5.41) is 4.34. The van der Waals surface area contributed by atoms with E-state index in [0.29, 0.717) is 11.3 Å². The minimum Gasteiger partial charge on any atom is -0.354 e. The number of pyridine rings is 1. The Kier molecular flexibility index (Phi) is 4.04. The predicted octanol–water partition coefficient (Wildman–Crippen LogP) is 3.94.